The van der Waals surface area contributed by atoms with E-state index in [9.17, 15) is 0 Å². The third-order valence-corrected chi connectivity index (χ3v) is 10.0. The van der Waals surface area contributed by atoms with Crippen LogP contribution in [0.5, 0.6) is 0 Å². The Morgan fingerprint density at radius 3 is 2.15 bits per heavy atom. The molecule has 3 aromatic heterocycles. The highest BCUT2D eigenvalue weighted by Gasteiger charge is 2.22. The number of para-hydroxylation sites is 2. The Hall–Kier alpha value is -5.84. The van der Waals surface area contributed by atoms with Crippen LogP contribution in [0.2, 0.25) is 0 Å². The molecule has 4 heteroatoms. The van der Waals surface area contributed by atoms with Crippen molar-refractivity contribution in [1.82, 2.24) is 14.5 Å². The Balaban J connectivity index is 1.28. The van der Waals surface area contributed by atoms with E-state index in [1.54, 1.807) is 0 Å². The second-order valence-electron chi connectivity index (χ2n) is 11.4. The molecule has 0 N–H and O–H groups in total. The first-order valence-electron chi connectivity index (χ1n) is 17.6. The van der Waals surface area contributed by atoms with E-state index in [4.69, 9.17) is 16.8 Å². The molecule has 3 nitrogen and oxygen atoms in total. The summed E-state index contributed by atoms with van der Waals surface area (Å²) < 4.78 is 47.1. The van der Waals surface area contributed by atoms with Crippen LogP contribution in [0.25, 0.3) is 92.0 Å². The van der Waals surface area contributed by atoms with Crippen molar-refractivity contribution in [3.05, 3.63) is 152 Å². The van der Waals surface area contributed by atoms with Crippen LogP contribution in [0, 0.1) is 0 Å². The Kier molecular flexibility index (Phi) is 4.49. The maximum atomic E-state index is 8.73. The Morgan fingerprint density at radius 2 is 1.28 bits per heavy atom. The van der Waals surface area contributed by atoms with Crippen LogP contribution in [0.1, 0.15) is 6.85 Å². The van der Waals surface area contributed by atoms with Crippen molar-refractivity contribution in [1.29, 1.82) is 0 Å². The number of rotatable bonds is 3. The smallest absolute Gasteiger partial charge is 0.160 e. The van der Waals surface area contributed by atoms with Crippen LogP contribution >= 0.6 is 11.3 Å². The molecule has 3 heterocycles. The molecular weight excluding hydrogens is 579 g/mol. The molecule has 10 rings (SSSR count). The molecule has 10 aromatic rings. The minimum atomic E-state index is -0.438. The van der Waals surface area contributed by atoms with Gasteiger partial charge < -0.3 is 4.57 Å². The highest BCUT2D eigenvalue weighted by atomic mass is 32.1. The number of thiophene rings is 1. The van der Waals surface area contributed by atoms with Crippen molar-refractivity contribution < 1.29 is 6.85 Å². The van der Waals surface area contributed by atoms with E-state index in [0.717, 1.165) is 27.7 Å². The van der Waals surface area contributed by atoms with Crippen LogP contribution in [0.4, 0.5) is 0 Å². The number of aromatic nitrogens is 3. The van der Waals surface area contributed by atoms with Crippen molar-refractivity contribution in [3.63, 3.8) is 0 Å². The van der Waals surface area contributed by atoms with E-state index in [0.29, 0.717) is 22.4 Å². The Morgan fingerprint density at radius 1 is 0.565 bits per heavy atom. The molecule has 0 radical (unpaired) electrons. The fraction of sp³-hybridized carbons (Fsp3) is 0. The zero-order chi connectivity index (χ0) is 34.5. The molecule has 0 atom stereocenters. The third kappa shape index (κ3) is 3.65. The monoisotopic (exact) mass is 608 g/mol. The lowest BCUT2D eigenvalue weighted by atomic mass is 9.99. The summed E-state index contributed by atoms with van der Waals surface area (Å²) in [6.45, 7) is 0. The molecule has 0 spiro atoms. The van der Waals surface area contributed by atoms with Crippen LogP contribution in [0.15, 0.2) is 152 Å². The fourth-order valence-electron chi connectivity index (χ4n) is 6.94. The van der Waals surface area contributed by atoms with Crippen molar-refractivity contribution in [2.45, 2.75) is 0 Å². The van der Waals surface area contributed by atoms with E-state index in [1.807, 2.05) is 47.7 Å². The van der Waals surface area contributed by atoms with Gasteiger partial charge in [-0.3, -0.25) is 0 Å². The Labute approximate surface area is 275 Å². The lowest BCUT2D eigenvalue weighted by Gasteiger charge is -2.13. The Bertz CT molecular complexity index is 3080. The minimum Gasteiger partial charge on any atom is -0.309 e. The minimum absolute atomic E-state index is 0.0539. The van der Waals surface area contributed by atoms with Gasteiger partial charge in [-0.1, -0.05) is 121 Å². The number of nitrogens with zero attached hydrogens (tertiary/aromatic N) is 3. The normalized spacial score (nSPS) is 13.4. The van der Waals surface area contributed by atoms with Crippen LogP contribution < -0.4 is 0 Å². The molecule has 0 bridgehead atoms. The van der Waals surface area contributed by atoms with E-state index < -0.39 is 18.1 Å². The molecule has 7 aromatic carbocycles. The SMILES string of the molecule is [2H]c1c([2H])c([2H])c(-c2nc(-c3cccc(-n4c5ccccc5c5c6sc7ccccc7c6c6ccccc6c54)c3)nc3ccccc23)c([2H])c1[2H]. The van der Waals surface area contributed by atoms with Crippen molar-refractivity contribution in [3.8, 4) is 28.3 Å². The standard InChI is InChI=1S/C42H25N3S/c1-2-13-26(14-3-1)39-31-19-6-9-22-34(31)43-42(44-39)27-15-12-16-28(25-27)45-35-23-10-7-20-32(35)38-40(45)30-18-5-4-17-29(30)37-33-21-8-11-24-36(33)46-41(37)38/h1-25H/i1D,2D,3D,13D,14D. The quantitative estimate of drug-likeness (QED) is 0.200. The molecule has 0 saturated carbocycles. The summed E-state index contributed by atoms with van der Waals surface area (Å²) in [5.41, 5.74) is 4.85. The average Bonchev–Trinajstić information content (AvgIpc) is 3.73. The van der Waals surface area contributed by atoms with Gasteiger partial charge in [-0.25, -0.2) is 9.97 Å². The summed E-state index contributed by atoms with van der Waals surface area (Å²) in [5.74, 6) is 0.398. The van der Waals surface area contributed by atoms with E-state index in [2.05, 4.69) is 89.5 Å². The first-order valence-corrected chi connectivity index (χ1v) is 15.9. The average molecular weight is 609 g/mol. The molecule has 0 fully saturated rings. The number of hydrogen-bond donors (Lipinski definition) is 0. The summed E-state index contributed by atoms with van der Waals surface area (Å²) in [5, 5.41) is 7.91. The zero-order valence-corrected chi connectivity index (χ0v) is 25.1. The predicted octanol–water partition coefficient (Wildman–Crippen LogP) is 11.6. The molecular formula is C42H25N3S. The van der Waals surface area contributed by atoms with Crippen LogP contribution in [-0.2, 0) is 0 Å². The predicted molar refractivity (Wildman–Crippen MR) is 195 cm³/mol. The fourth-order valence-corrected chi connectivity index (χ4v) is 8.22. The van der Waals surface area contributed by atoms with Crippen molar-refractivity contribution >= 4 is 75.0 Å². The van der Waals surface area contributed by atoms with E-state index in [1.165, 1.54) is 36.3 Å². The zero-order valence-electron chi connectivity index (χ0n) is 29.3. The third-order valence-electron chi connectivity index (χ3n) is 8.85. The maximum Gasteiger partial charge on any atom is 0.160 e. The van der Waals surface area contributed by atoms with Crippen LogP contribution in [-0.4, -0.2) is 14.5 Å². The molecule has 0 unspecified atom stereocenters. The summed E-state index contributed by atoms with van der Waals surface area (Å²) in [7, 11) is 0. The van der Waals surface area contributed by atoms with E-state index in [-0.39, 0.29) is 17.6 Å². The van der Waals surface area contributed by atoms with Gasteiger partial charge >= 0.3 is 0 Å². The molecule has 214 valence electrons. The maximum absolute atomic E-state index is 8.73. The molecule has 0 aliphatic rings. The first-order chi connectivity index (χ1) is 24.9. The highest BCUT2D eigenvalue weighted by molar-refractivity contribution is 7.27. The first kappa shape index (κ1) is 21.0. The number of fused-ring (bicyclic) bond motifs is 11. The van der Waals surface area contributed by atoms with Gasteiger partial charge in [0.05, 0.1) is 29.1 Å². The largest absolute Gasteiger partial charge is 0.309 e. The van der Waals surface area contributed by atoms with Gasteiger partial charge in [0.2, 0.25) is 0 Å². The number of hydrogen-bond acceptors (Lipinski definition) is 3. The van der Waals surface area contributed by atoms with Gasteiger partial charge in [0.15, 0.2) is 5.82 Å². The van der Waals surface area contributed by atoms with Gasteiger partial charge in [0.25, 0.3) is 0 Å². The number of benzene rings is 7. The summed E-state index contributed by atoms with van der Waals surface area (Å²) in [6, 6.07) is 39.5. The van der Waals surface area contributed by atoms with Crippen molar-refractivity contribution in [2.75, 3.05) is 0 Å². The van der Waals surface area contributed by atoms with Gasteiger partial charge in [-0.05, 0) is 35.7 Å². The molecule has 0 aliphatic carbocycles. The van der Waals surface area contributed by atoms with Gasteiger partial charge in [-0.15, -0.1) is 11.3 Å². The topological polar surface area (TPSA) is 30.7 Å². The molecule has 0 saturated heterocycles. The van der Waals surface area contributed by atoms with Crippen molar-refractivity contribution in [2.24, 2.45) is 0 Å². The second kappa shape index (κ2) is 9.83. The molecule has 46 heavy (non-hydrogen) atoms. The lowest BCUT2D eigenvalue weighted by molar-refractivity contribution is 1.17. The second-order valence-corrected chi connectivity index (χ2v) is 12.4. The van der Waals surface area contributed by atoms with Gasteiger partial charge in [0.1, 0.15) is 0 Å². The molecule has 0 amide bonds. The lowest BCUT2D eigenvalue weighted by Crippen LogP contribution is -1.98. The van der Waals surface area contributed by atoms with Gasteiger partial charge in [0, 0.05) is 58.5 Å². The van der Waals surface area contributed by atoms with Gasteiger partial charge in [-0.2, -0.15) is 0 Å². The summed E-state index contributed by atoms with van der Waals surface area (Å²) >= 11 is 1.83. The van der Waals surface area contributed by atoms with E-state index >= 15 is 0 Å². The molecule has 0 aliphatic heterocycles. The summed E-state index contributed by atoms with van der Waals surface area (Å²) in [6.07, 6.45) is 0. The highest BCUT2D eigenvalue weighted by Crippen LogP contribution is 2.48. The summed E-state index contributed by atoms with van der Waals surface area (Å²) in [4.78, 5) is 9.89. The van der Waals surface area contributed by atoms with Crippen LogP contribution in [0.3, 0.4) is 0 Å².